The van der Waals surface area contributed by atoms with E-state index in [-0.39, 0.29) is 51.6 Å². The number of carbonyl (C=O) groups is 1. The molecule has 0 unspecified atom stereocenters. The summed E-state index contributed by atoms with van der Waals surface area (Å²) in [4.78, 5) is 11.2. The molecule has 0 aromatic heterocycles. The molecular weight excluding hydrogens is 463 g/mol. The van der Waals surface area contributed by atoms with Crippen LogP contribution in [0.2, 0.25) is 5.02 Å². The van der Waals surface area contributed by atoms with Crippen LogP contribution in [0.3, 0.4) is 0 Å². The molecular formula is C21H18ClFN2O6S. The fourth-order valence-corrected chi connectivity index (χ4v) is 4.87. The van der Waals surface area contributed by atoms with Gasteiger partial charge in [-0.2, -0.15) is 5.26 Å². The van der Waals surface area contributed by atoms with Crippen molar-refractivity contribution < 1.29 is 32.2 Å². The molecule has 0 atom stereocenters. The topological polar surface area (TPSA) is 126 Å². The number of carboxylic acids is 1. The summed E-state index contributed by atoms with van der Waals surface area (Å²) in [6, 6.07) is 8.24. The minimum Gasteiger partial charge on any atom is -0.488 e. The largest absolute Gasteiger partial charge is 0.488 e. The van der Waals surface area contributed by atoms with E-state index in [9.17, 15) is 28.0 Å². The van der Waals surface area contributed by atoms with Gasteiger partial charge in [0.25, 0.3) is 10.0 Å². The second-order valence-corrected chi connectivity index (χ2v) is 9.87. The van der Waals surface area contributed by atoms with Gasteiger partial charge in [0.15, 0.2) is 5.67 Å². The lowest BCUT2D eigenvalue weighted by Crippen LogP contribution is -2.50. The van der Waals surface area contributed by atoms with Crippen molar-refractivity contribution >= 4 is 33.3 Å². The molecule has 1 heterocycles. The van der Waals surface area contributed by atoms with Crippen molar-refractivity contribution in [3.63, 3.8) is 0 Å². The van der Waals surface area contributed by atoms with E-state index >= 15 is 0 Å². The van der Waals surface area contributed by atoms with Gasteiger partial charge < -0.3 is 14.6 Å². The Hall–Kier alpha value is -2.87. The molecule has 1 aliphatic heterocycles. The predicted octanol–water partition coefficient (Wildman–Crippen LogP) is 3.71. The number of ether oxygens (including phenoxy) is 2. The summed E-state index contributed by atoms with van der Waals surface area (Å²) in [6.45, 7) is -0.693. The third-order valence-electron chi connectivity index (χ3n) is 5.21. The Morgan fingerprint density at radius 2 is 2.06 bits per heavy atom. The summed E-state index contributed by atoms with van der Waals surface area (Å²) in [7, 11) is -4.27. The van der Waals surface area contributed by atoms with E-state index in [1.807, 2.05) is 6.07 Å². The number of sulfonamides is 1. The third-order valence-corrected chi connectivity index (χ3v) is 6.94. The maximum atomic E-state index is 14.3. The molecule has 2 aromatic carbocycles. The average molecular weight is 481 g/mol. The quantitative estimate of drug-likeness (QED) is 0.589. The van der Waals surface area contributed by atoms with Gasteiger partial charge in [-0.05, 0) is 42.5 Å². The first-order valence-electron chi connectivity index (χ1n) is 9.65. The van der Waals surface area contributed by atoms with Crippen LogP contribution >= 0.6 is 11.6 Å². The van der Waals surface area contributed by atoms with Crippen LogP contribution in [-0.2, 0) is 14.8 Å². The lowest BCUT2D eigenvalue weighted by molar-refractivity contribution is -0.146. The number of nitriles is 1. The van der Waals surface area contributed by atoms with Gasteiger partial charge in [0.2, 0.25) is 0 Å². The number of aromatic carboxylic acids is 1. The smallest absolute Gasteiger partial charge is 0.335 e. The minimum atomic E-state index is -4.27. The summed E-state index contributed by atoms with van der Waals surface area (Å²) in [5.41, 5.74) is -1.50. The fraction of sp³-hybridized carbons (Fsp3) is 0.333. The van der Waals surface area contributed by atoms with E-state index in [2.05, 4.69) is 4.72 Å². The molecule has 1 aliphatic carbocycles. The van der Waals surface area contributed by atoms with Crippen LogP contribution in [0.5, 0.6) is 5.75 Å². The molecule has 11 heteroatoms. The Bertz CT molecular complexity index is 1240. The molecule has 2 N–H and O–H groups in total. The highest BCUT2D eigenvalue weighted by Gasteiger charge is 2.40. The van der Waals surface area contributed by atoms with Crippen LogP contribution in [0.25, 0.3) is 0 Å². The lowest BCUT2D eigenvalue weighted by Gasteiger charge is -2.33. The van der Waals surface area contributed by atoms with Gasteiger partial charge in [0.1, 0.15) is 18.4 Å². The van der Waals surface area contributed by atoms with Gasteiger partial charge in [-0.1, -0.05) is 17.7 Å². The fourth-order valence-electron chi connectivity index (χ4n) is 3.29. The summed E-state index contributed by atoms with van der Waals surface area (Å²) in [5, 5.41) is 18.6. The molecule has 4 rings (SSSR count). The van der Waals surface area contributed by atoms with Crippen molar-refractivity contribution in [2.75, 3.05) is 24.5 Å². The van der Waals surface area contributed by atoms with Crippen molar-refractivity contribution in [3.05, 3.63) is 52.0 Å². The van der Waals surface area contributed by atoms with Crippen LogP contribution in [0.15, 0.2) is 35.2 Å². The Labute approximate surface area is 188 Å². The number of nitrogens with zero attached hydrogens (tertiary/aromatic N) is 1. The Morgan fingerprint density at radius 1 is 1.34 bits per heavy atom. The normalized spacial score (nSPS) is 17.2. The number of benzene rings is 2. The first kappa shape index (κ1) is 22.3. The average Bonchev–Trinajstić information content (AvgIpc) is 3.57. The van der Waals surface area contributed by atoms with Crippen molar-refractivity contribution in [3.8, 4) is 11.8 Å². The second-order valence-electron chi connectivity index (χ2n) is 7.81. The summed E-state index contributed by atoms with van der Waals surface area (Å²) >= 11 is 6.05. The standard InChI is InChI=1S/C21H18ClFN2O6S/c22-16-7-18(31-11-21(23)9-30-10-21)17(5-14(16)8-24)25-32(28,29)19-6-13(20(26)27)3-4-15(19)12-1-2-12/h3-7,12,25H,1-2,9-11H2,(H,26,27). The number of halogens is 2. The van der Waals surface area contributed by atoms with Crippen molar-refractivity contribution in [1.29, 1.82) is 5.26 Å². The minimum absolute atomic E-state index is 0.00904. The van der Waals surface area contributed by atoms with Gasteiger partial charge in [0.05, 0.1) is 39.9 Å². The maximum Gasteiger partial charge on any atom is 0.335 e. The molecule has 0 bridgehead atoms. The zero-order valence-electron chi connectivity index (χ0n) is 16.6. The van der Waals surface area contributed by atoms with Crippen molar-refractivity contribution in [1.82, 2.24) is 0 Å². The number of anilines is 1. The summed E-state index contributed by atoms with van der Waals surface area (Å²) in [5.74, 6) is -1.31. The molecule has 32 heavy (non-hydrogen) atoms. The Balaban J connectivity index is 1.71. The first-order valence-corrected chi connectivity index (χ1v) is 11.5. The molecule has 8 nitrogen and oxygen atoms in total. The second kappa shape index (κ2) is 8.24. The molecule has 1 saturated carbocycles. The van der Waals surface area contributed by atoms with Crippen LogP contribution in [0.1, 0.15) is 40.2 Å². The summed E-state index contributed by atoms with van der Waals surface area (Å²) < 4.78 is 53.5. The molecule has 0 radical (unpaired) electrons. The number of hydrogen-bond acceptors (Lipinski definition) is 6. The van der Waals surface area contributed by atoms with E-state index in [0.717, 1.165) is 18.9 Å². The van der Waals surface area contributed by atoms with Gasteiger partial charge in [-0.15, -0.1) is 0 Å². The number of nitrogens with one attached hydrogen (secondary N) is 1. The van der Waals surface area contributed by atoms with E-state index in [1.165, 1.54) is 24.3 Å². The van der Waals surface area contributed by atoms with Crippen molar-refractivity contribution in [2.24, 2.45) is 0 Å². The molecule has 2 fully saturated rings. The van der Waals surface area contributed by atoms with Gasteiger partial charge in [-0.25, -0.2) is 17.6 Å². The monoisotopic (exact) mass is 480 g/mol. The Morgan fingerprint density at radius 3 is 2.62 bits per heavy atom. The van der Waals surface area contributed by atoms with Crippen LogP contribution in [0, 0.1) is 11.3 Å². The highest BCUT2D eigenvalue weighted by Crippen LogP contribution is 2.44. The SMILES string of the molecule is N#Cc1cc(NS(=O)(=O)c2cc(C(=O)O)ccc2C2CC2)c(OCC2(F)COC2)cc1Cl. The Kier molecular flexibility index (Phi) is 5.75. The number of hydrogen-bond donors (Lipinski definition) is 2. The third kappa shape index (κ3) is 4.50. The van der Waals surface area contributed by atoms with Gasteiger partial charge in [0, 0.05) is 6.07 Å². The van der Waals surface area contributed by atoms with Crippen LogP contribution in [-0.4, -0.2) is 45.0 Å². The zero-order chi connectivity index (χ0) is 23.1. The molecule has 0 amide bonds. The number of alkyl halides is 1. The maximum absolute atomic E-state index is 14.3. The van der Waals surface area contributed by atoms with Gasteiger partial charge >= 0.3 is 5.97 Å². The number of rotatable bonds is 8. The van der Waals surface area contributed by atoms with Crippen LogP contribution in [0.4, 0.5) is 10.1 Å². The lowest BCUT2D eigenvalue weighted by atomic mass is 10.1. The van der Waals surface area contributed by atoms with Gasteiger partial charge in [-0.3, -0.25) is 4.72 Å². The molecule has 168 valence electrons. The molecule has 1 saturated heterocycles. The molecule has 2 aromatic rings. The van der Waals surface area contributed by atoms with E-state index < -0.39 is 28.3 Å². The predicted molar refractivity (Wildman–Crippen MR) is 113 cm³/mol. The summed E-state index contributed by atoms with van der Waals surface area (Å²) in [6.07, 6.45) is 1.59. The van der Waals surface area contributed by atoms with E-state index in [4.69, 9.17) is 21.1 Å². The van der Waals surface area contributed by atoms with Crippen LogP contribution < -0.4 is 9.46 Å². The van der Waals surface area contributed by atoms with E-state index in [1.54, 1.807) is 0 Å². The highest BCUT2D eigenvalue weighted by molar-refractivity contribution is 7.92. The zero-order valence-corrected chi connectivity index (χ0v) is 18.2. The molecule has 0 spiro atoms. The van der Waals surface area contributed by atoms with Crippen molar-refractivity contribution in [2.45, 2.75) is 29.3 Å². The van der Waals surface area contributed by atoms with E-state index in [0.29, 0.717) is 5.56 Å². The number of carboxylic acid groups (broad SMARTS) is 1. The first-order chi connectivity index (χ1) is 15.1. The molecule has 2 aliphatic rings. The highest BCUT2D eigenvalue weighted by atomic mass is 35.5.